The molecule has 0 aromatic carbocycles. The quantitative estimate of drug-likeness (QED) is 0.836. The van der Waals surface area contributed by atoms with Gasteiger partial charge in [-0.2, -0.15) is 5.10 Å². The van der Waals surface area contributed by atoms with Gasteiger partial charge in [0.25, 0.3) is 5.56 Å². The minimum Gasteiger partial charge on any atom is -0.377 e. The second kappa shape index (κ2) is 4.45. The van der Waals surface area contributed by atoms with Crippen LogP contribution in [-0.4, -0.2) is 32.5 Å². The van der Waals surface area contributed by atoms with Crippen LogP contribution < -0.4 is 5.56 Å². The third kappa shape index (κ3) is 1.78. The van der Waals surface area contributed by atoms with Crippen LogP contribution >= 0.6 is 0 Å². The van der Waals surface area contributed by atoms with Gasteiger partial charge in [-0.25, -0.2) is 9.67 Å². The van der Waals surface area contributed by atoms with Crippen LogP contribution in [0.25, 0.3) is 11.0 Å². The van der Waals surface area contributed by atoms with Gasteiger partial charge in [-0.05, 0) is 6.92 Å². The van der Waals surface area contributed by atoms with E-state index in [1.165, 1.54) is 0 Å². The molecule has 102 valence electrons. The third-order valence-electron chi connectivity index (χ3n) is 3.54. The molecular formula is C13H18N4O2. The number of ether oxygens (including phenoxy) is 1. The third-order valence-corrected chi connectivity index (χ3v) is 3.54. The van der Waals surface area contributed by atoms with Crippen LogP contribution in [0.15, 0.2) is 11.0 Å². The van der Waals surface area contributed by atoms with Crippen molar-refractivity contribution in [2.45, 2.75) is 39.3 Å². The summed E-state index contributed by atoms with van der Waals surface area (Å²) in [6.45, 7) is 7.98. The molecule has 0 atom stereocenters. The average Bonchev–Trinajstić information content (AvgIpc) is 2.71. The predicted octanol–water partition coefficient (Wildman–Crippen LogP) is 1.31. The monoisotopic (exact) mass is 262 g/mol. The molecule has 0 amide bonds. The number of hydrogen-bond acceptors (Lipinski definition) is 4. The molecule has 0 N–H and O–H groups in total. The Balaban J connectivity index is 2.27. The Bertz CT molecular complexity index is 667. The second-order valence-electron chi connectivity index (χ2n) is 5.19. The minimum absolute atomic E-state index is 0.00249. The Morgan fingerprint density at radius 3 is 2.74 bits per heavy atom. The van der Waals surface area contributed by atoms with Crippen molar-refractivity contribution in [3.8, 4) is 0 Å². The summed E-state index contributed by atoms with van der Waals surface area (Å²) >= 11 is 0. The van der Waals surface area contributed by atoms with Crippen molar-refractivity contribution in [3.63, 3.8) is 0 Å². The molecule has 0 unspecified atom stereocenters. The molecule has 6 heteroatoms. The van der Waals surface area contributed by atoms with E-state index >= 15 is 0 Å². The van der Waals surface area contributed by atoms with E-state index in [9.17, 15) is 4.79 Å². The maximum Gasteiger partial charge on any atom is 0.264 e. The normalized spacial score (nSPS) is 16.2. The summed E-state index contributed by atoms with van der Waals surface area (Å²) in [5.41, 5.74) is 0.689. The molecule has 2 aromatic rings. The molecule has 6 nitrogen and oxygen atoms in total. The topological polar surface area (TPSA) is 61.9 Å². The van der Waals surface area contributed by atoms with Gasteiger partial charge in [-0.15, -0.1) is 0 Å². The zero-order chi connectivity index (χ0) is 13.6. The lowest BCUT2D eigenvalue weighted by atomic mass is 10.2. The van der Waals surface area contributed by atoms with Crippen LogP contribution in [0.5, 0.6) is 0 Å². The van der Waals surface area contributed by atoms with E-state index in [0.29, 0.717) is 30.8 Å². The van der Waals surface area contributed by atoms with E-state index in [0.717, 1.165) is 5.82 Å². The lowest BCUT2D eigenvalue weighted by Gasteiger charge is -2.26. The van der Waals surface area contributed by atoms with Crippen LogP contribution in [0, 0.1) is 0 Å². The number of aromatic nitrogens is 4. The molecule has 19 heavy (non-hydrogen) atoms. The van der Waals surface area contributed by atoms with Gasteiger partial charge in [0.05, 0.1) is 19.4 Å². The lowest BCUT2D eigenvalue weighted by molar-refractivity contribution is -0.0269. The first kappa shape index (κ1) is 12.3. The fourth-order valence-electron chi connectivity index (χ4n) is 2.41. The molecule has 1 aliphatic rings. The van der Waals surface area contributed by atoms with Crippen LogP contribution in [0.2, 0.25) is 0 Å². The molecule has 0 saturated carbocycles. The predicted molar refractivity (Wildman–Crippen MR) is 71.4 cm³/mol. The highest BCUT2D eigenvalue weighted by atomic mass is 16.5. The Kier molecular flexibility index (Phi) is 2.89. The Morgan fingerprint density at radius 1 is 1.47 bits per heavy atom. The first-order valence-corrected chi connectivity index (χ1v) is 6.69. The SMILES string of the molecule is CCn1c(C(C)C)nc2c(cnn2C2COC2)c1=O. The largest absolute Gasteiger partial charge is 0.377 e. The zero-order valence-electron chi connectivity index (χ0n) is 11.5. The molecule has 3 heterocycles. The molecule has 1 saturated heterocycles. The molecule has 0 radical (unpaired) electrons. The molecular weight excluding hydrogens is 244 g/mol. The van der Waals surface area contributed by atoms with E-state index in [1.807, 2.05) is 25.5 Å². The Morgan fingerprint density at radius 2 is 2.21 bits per heavy atom. The summed E-state index contributed by atoms with van der Waals surface area (Å²) < 4.78 is 8.75. The van der Waals surface area contributed by atoms with E-state index in [-0.39, 0.29) is 17.5 Å². The maximum absolute atomic E-state index is 12.5. The summed E-state index contributed by atoms with van der Waals surface area (Å²) in [6.07, 6.45) is 1.62. The summed E-state index contributed by atoms with van der Waals surface area (Å²) in [4.78, 5) is 17.1. The van der Waals surface area contributed by atoms with Crippen molar-refractivity contribution in [1.82, 2.24) is 19.3 Å². The van der Waals surface area contributed by atoms with Gasteiger partial charge in [0.1, 0.15) is 17.3 Å². The number of rotatable bonds is 3. The van der Waals surface area contributed by atoms with Crippen LogP contribution in [0.3, 0.4) is 0 Å². The average molecular weight is 262 g/mol. The fourth-order valence-corrected chi connectivity index (χ4v) is 2.41. The van der Waals surface area contributed by atoms with Crippen molar-refractivity contribution >= 4 is 11.0 Å². The number of hydrogen-bond donors (Lipinski definition) is 0. The van der Waals surface area contributed by atoms with Crippen molar-refractivity contribution < 1.29 is 4.74 Å². The van der Waals surface area contributed by atoms with Gasteiger partial charge in [0, 0.05) is 12.5 Å². The Labute approximate surface area is 111 Å². The molecule has 0 spiro atoms. The van der Waals surface area contributed by atoms with Gasteiger partial charge in [-0.3, -0.25) is 9.36 Å². The molecule has 0 aliphatic carbocycles. The summed E-state index contributed by atoms with van der Waals surface area (Å²) in [6, 6.07) is 0.210. The van der Waals surface area contributed by atoms with Crippen molar-refractivity contribution in [2.75, 3.05) is 13.2 Å². The van der Waals surface area contributed by atoms with E-state index in [1.54, 1.807) is 10.8 Å². The first-order chi connectivity index (χ1) is 9.13. The van der Waals surface area contributed by atoms with Gasteiger partial charge >= 0.3 is 0 Å². The van der Waals surface area contributed by atoms with E-state index in [2.05, 4.69) is 10.1 Å². The first-order valence-electron chi connectivity index (χ1n) is 6.69. The van der Waals surface area contributed by atoms with Crippen molar-refractivity contribution in [3.05, 3.63) is 22.4 Å². The minimum atomic E-state index is 0.00249. The highest BCUT2D eigenvalue weighted by Crippen LogP contribution is 2.21. The standard InChI is InChI=1S/C13H18N4O2/c1-4-16-11(8(2)3)15-12-10(13(16)18)5-14-17(12)9-6-19-7-9/h5,8-9H,4,6-7H2,1-3H3. The van der Waals surface area contributed by atoms with Gasteiger partial charge in [0.2, 0.25) is 0 Å². The molecule has 0 bridgehead atoms. The second-order valence-corrected chi connectivity index (χ2v) is 5.19. The lowest BCUT2D eigenvalue weighted by Crippen LogP contribution is -2.32. The van der Waals surface area contributed by atoms with E-state index < -0.39 is 0 Å². The molecule has 1 aliphatic heterocycles. The number of nitrogens with zero attached hydrogens (tertiary/aromatic N) is 4. The van der Waals surface area contributed by atoms with Gasteiger partial charge in [0.15, 0.2) is 5.65 Å². The van der Waals surface area contributed by atoms with E-state index in [4.69, 9.17) is 4.74 Å². The van der Waals surface area contributed by atoms with Crippen molar-refractivity contribution in [1.29, 1.82) is 0 Å². The highest BCUT2D eigenvalue weighted by molar-refractivity contribution is 5.73. The van der Waals surface area contributed by atoms with Gasteiger partial charge < -0.3 is 4.74 Å². The summed E-state index contributed by atoms with van der Waals surface area (Å²) in [7, 11) is 0. The fraction of sp³-hybridized carbons (Fsp3) is 0.615. The highest BCUT2D eigenvalue weighted by Gasteiger charge is 2.25. The zero-order valence-corrected chi connectivity index (χ0v) is 11.5. The Hall–Kier alpha value is -1.69. The maximum atomic E-state index is 12.5. The van der Waals surface area contributed by atoms with Crippen molar-refractivity contribution in [2.24, 2.45) is 0 Å². The molecule has 2 aromatic heterocycles. The summed E-state index contributed by atoms with van der Waals surface area (Å²) in [5, 5.41) is 4.91. The molecule has 1 fully saturated rings. The van der Waals surface area contributed by atoms with Crippen LogP contribution in [0.1, 0.15) is 38.6 Å². The number of fused-ring (bicyclic) bond motifs is 1. The molecule has 3 rings (SSSR count). The van der Waals surface area contributed by atoms with Gasteiger partial charge in [-0.1, -0.05) is 13.8 Å². The smallest absolute Gasteiger partial charge is 0.264 e. The van der Waals surface area contributed by atoms with Crippen LogP contribution in [0.4, 0.5) is 0 Å². The summed E-state index contributed by atoms with van der Waals surface area (Å²) in [5.74, 6) is 1.03. The van der Waals surface area contributed by atoms with Crippen LogP contribution in [-0.2, 0) is 11.3 Å².